The Morgan fingerprint density at radius 3 is 2.47 bits per heavy atom. The summed E-state index contributed by atoms with van der Waals surface area (Å²) in [5.74, 6) is -1.80. The van der Waals surface area contributed by atoms with Crippen molar-refractivity contribution < 1.29 is 33.3 Å². The number of fused-ring (bicyclic) bond motifs is 1. The molecule has 2 fully saturated rings. The summed E-state index contributed by atoms with van der Waals surface area (Å²) in [7, 11) is 0. The van der Waals surface area contributed by atoms with E-state index >= 15 is 0 Å². The van der Waals surface area contributed by atoms with Crippen molar-refractivity contribution in [3.05, 3.63) is 83.4 Å². The first-order valence-corrected chi connectivity index (χ1v) is 13.5. The molecule has 1 aliphatic heterocycles. The summed E-state index contributed by atoms with van der Waals surface area (Å²) >= 11 is 0. The first-order chi connectivity index (χ1) is 20.5. The summed E-state index contributed by atoms with van der Waals surface area (Å²) in [4.78, 5) is 39.2. The number of hydrogen-bond acceptors (Lipinski definition) is 8. The second kappa shape index (κ2) is 10.7. The molecule has 0 spiro atoms. The number of carbonyl (C=O) groups excluding carboxylic acids is 1. The van der Waals surface area contributed by atoms with Gasteiger partial charge in [-0.15, -0.1) is 0 Å². The molecule has 222 valence electrons. The SMILES string of the molecule is CC(C)(NC(=O)O)c1cc(O[C@@H]2[C@@H]3CN(C(=O)c4cn(-c5ncccn5)nc4CO)C[C@@H]32)nc(-c2ccc(F)c(F)c2)c1. The number of ether oxygens (including phenoxy) is 1. The number of aromatic nitrogens is 5. The van der Waals surface area contributed by atoms with E-state index in [1.54, 1.807) is 49.3 Å². The number of benzene rings is 1. The molecular formula is C29H27F2N7O5. The Morgan fingerprint density at radius 1 is 1.09 bits per heavy atom. The largest absolute Gasteiger partial charge is 0.474 e. The summed E-state index contributed by atoms with van der Waals surface area (Å²) in [5.41, 5.74) is 0.512. The van der Waals surface area contributed by atoms with Gasteiger partial charge in [-0.05, 0) is 49.7 Å². The molecule has 3 N–H and O–H groups in total. The molecule has 0 radical (unpaired) electrons. The quantitative estimate of drug-likeness (QED) is 0.280. The van der Waals surface area contributed by atoms with Crippen molar-refractivity contribution in [3.8, 4) is 23.1 Å². The molecule has 12 nitrogen and oxygen atoms in total. The van der Waals surface area contributed by atoms with E-state index in [1.165, 1.54) is 16.9 Å². The number of amides is 2. The van der Waals surface area contributed by atoms with Gasteiger partial charge in [0, 0.05) is 55.1 Å². The molecule has 1 aromatic carbocycles. The number of likely N-dealkylation sites (tertiary alicyclic amines) is 1. The van der Waals surface area contributed by atoms with Crippen LogP contribution in [0.4, 0.5) is 13.6 Å². The van der Waals surface area contributed by atoms with Crippen molar-refractivity contribution in [3.63, 3.8) is 0 Å². The smallest absolute Gasteiger partial charge is 0.405 e. The summed E-state index contributed by atoms with van der Waals surface area (Å²) in [6.07, 6.45) is 3.12. The van der Waals surface area contributed by atoms with E-state index in [9.17, 15) is 28.6 Å². The molecule has 4 aromatic rings. The highest BCUT2D eigenvalue weighted by molar-refractivity contribution is 5.95. The highest BCUT2D eigenvalue weighted by atomic mass is 19.2. The Bertz CT molecular complexity index is 1700. The molecule has 43 heavy (non-hydrogen) atoms. The third-order valence-corrected chi connectivity index (χ3v) is 7.75. The third kappa shape index (κ3) is 5.48. The van der Waals surface area contributed by atoms with Gasteiger partial charge in [0.15, 0.2) is 11.6 Å². The van der Waals surface area contributed by atoms with Crippen LogP contribution in [-0.4, -0.2) is 71.0 Å². The van der Waals surface area contributed by atoms with Gasteiger partial charge in [-0.2, -0.15) is 5.10 Å². The molecule has 1 aliphatic carbocycles. The number of nitrogens with one attached hydrogen (secondary N) is 1. The third-order valence-electron chi connectivity index (χ3n) is 7.75. The number of rotatable bonds is 8. The number of carboxylic acid groups (broad SMARTS) is 1. The van der Waals surface area contributed by atoms with Gasteiger partial charge in [-0.1, -0.05) is 0 Å². The van der Waals surface area contributed by atoms with Gasteiger partial charge in [-0.25, -0.2) is 33.2 Å². The van der Waals surface area contributed by atoms with Crippen LogP contribution in [0.2, 0.25) is 0 Å². The van der Waals surface area contributed by atoms with Crippen molar-refractivity contribution in [1.29, 1.82) is 0 Å². The minimum Gasteiger partial charge on any atom is -0.474 e. The van der Waals surface area contributed by atoms with Crippen molar-refractivity contribution in [1.82, 2.24) is 34.9 Å². The number of aliphatic hydroxyl groups is 1. The number of aliphatic hydroxyl groups excluding tert-OH is 1. The van der Waals surface area contributed by atoms with Gasteiger partial charge in [0.2, 0.25) is 11.8 Å². The van der Waals surface area contributed by atoms with Crippen LogP contribution < -0.4 is 10.1 Å². The lowest BCUT2D eigenvalue weighted by atomic mass is 9.93. The summed E-state index contributed by atoms with van der Waals surface area (Å²) in [5, 5.41) is 25.8. The summed E-state index contributed by atoms with van der Waals surface area (Å²) < 4.78 is 35.2. The Labute approximate surface area is 244 Å². The molecule has 2 amide bonds. The second-order valence-electron chi connectivity index (χ2n) is 11.0. The zero-order valence-corrected chi connectivity index (χ0v) is 23.1. The molecule has 1 saturated carbocycles. The maximum absolute atomic E-state index is 14.0. The minimum atomic E-state index is -1.23. The predicted octanol–water partition coefficient (Wildman–Crippen LogP) is 3.15. The molecule has 14 heteroatoms. The average Bonchev–Trinajstić information content (AvgIpc) is 3.32. The lowest BCUT2D eigenvalue weighted by molar-refractivity contribution is 0.0748. The van der Waals surface area contributed by atoms with Crippen LogP contribution in [0.3, 0.4) is 0 Å². The summed E-state index contributed by atoms with van der Waals surface area (Å²) in [6, 6.07) is 8.27. The van der Waals surface area contributed by atoms with E-state index in [1.807, 2.05) is 0 Å². The zero-order chi connectivity index (χ0) is 30.5. The topological polar surface area (TPSA) is 156 Å². The Hall–Kier alpha value is -4.98. The van der Waals surface area contributed by atoms with Crippen LogP contribution in [0.15, 0.2) is 55.0 Å². The van der Waals surface area contributed by atoms with E-state index in [4.69, 9.17) is 4.74 Å². The van der Waals surface area contributed by atoms with Crippen molar-refractivity contribution in [2.45, 2.75) is 32.1 Å². The van der Waals surface area contributed by atoms with Crippen LogP contribution in [0.5, 0.6) is 5.88 Å². The van der Waals surface area contributed by atoms with E-state index < -0.39 is 29.9 Å². The van der Waals surface area contributed by atoms with E-state index in [2.05, 4.69) is 25.4 Å². The summed E-state index contributed by atoms with van der Waals surface area (Å²) in [6.45, 7) is 3.72. The number of piperidine rings is 1. The second-order valence-corrected chi connectivity index (χ2v) is 11.0. The molecule has 3 aromatic heterocycles. The van der Waals surface area contributed by atoms with Gasteiger partial charge in [0.1, 0.15) is 11.8 Å². The van der Waals surface area contributed by atoms with Crippen LogP contribution >= 0.6 is 0 Å². The standard InChI is InChI=1S/C29H27F2N7O5/c1-29(2,35-28(41)42)16-9-22(15-4-5-20(30)21(31)8-15)34-24(10-16)43-25-17-11-37(12-18(17)25)26(40)19-13-38(36-23(19)14-39)27-32-6-3-7-33-27/h3-10,13,17-18,25,35,39H,11-12,14H2,1-2H3,(H,41,42)/t17-,18+,25-. The fourth-order valence-corrected chi connectivity index (χ4v) is 5.41. The molecule has 2 aliphatic rings. The minimum absolute atomic E-state index is 0.0244. The van der Waals surface area contributed by atoms with Gasteiger partial charge in [-0.3, -0.25) is 4.79 Å². The maximum atomic E-state index is 14.0. The number of nitrogens with zero attached hydrogens (tertiary/aromatic N) is 6. The zero-order valence-electron chi connectivity index (χ0n) is 23.1. The van der Waals surface area contributed by atoms with E-state index in [-0.39, 0.29) is 52.6 Å². The number of pyridine rings is 1. The molecule has 1 saturated heterocycles. The monoisotopic (exact) mass is 591 g/mol. The van der Waals surface area contributed by atoms with Gasteiger partial charge < -0.3 is 25.2 Å². The van der Waals surface area contributed by atoms with Crippen LogP contribution in [-0.2, 0) is 12.1 Å². The van der Waals surface area contributed by atoms with Gasteiger partial charge in [0.05, 0.1) is 23.4 Å². The molecule has 3 atom stereocenters. The maximum Gasteiger partial charge on any atom is 0.405 e. The van der Waals surface area contributed by atoms with E-state index in [0.717, 1.165) is 12.1 Å². The van der Waals surface area contributed by atoms with Crippen LogP contribution in [0, 0.1) is 23.5 Å². The number of halogens is 2. The van der Waals surface area contributed by atoms with Crippen LogP contribution in [0.25, 0.3) is 17.2 Å². The fourth-order valence-electron chi connectivity index (χ4n) is 5.41. The molecule has 0 unspecified atom stereocenters. The molecular weight excluding hydrogens is 564 g/mol. The normalized spacial score (nSPS) is 19.2. The Balaban J connectivity index is 1.20. The van der Waals surface area contributed by atoms with Crippen molar-refractivity contribution in [2.24, 2.45) is 11.8 Å². The highest BCUT2D eigenvalue weighted by Crippen LogP contribution is 2.48. The predicted molar refractivity (Wildman–Crippen MR) is 146 cm³/mol. The molecule has 6 rings (SSSR count). The fraction of sp³-hybridized carbons (Fsp3) is 0.310. The molecule has 0 bridgehead atoms. The number of carbonyl (C=O) groups is 2. The first-order valence-electron chi connectivity index (χ1n) is 13.5. The Kier molecular flexibility index (Phi) is 7.00. The van der Waals surface area contributed by atoms with Crippen LogP contribution in [0.1, 0.15) is 35.5 Å². The average molecular weight is 592 g/mol. The van der Waals surface area contributed by atoms with Crippen molar-refractivity contribution >= 4 is 12.0 Å². The van der Waals surface area contributed by atoms with Gasteiger partial charge in [0.25, 0.3) is 5.91 Å². The van der Waals surface area contributed by atoms with Gasteiger partial charge >= 0.3 is 6.09 Å². The van der Waals surface area contributed by atoms with Crippen molar-refractivity contribution in [2.75, 3.05) is 13.1 Å². The Morgan fingerprint density at radius 2 is 1.81 bits per heavy atom. The highest BCUT2D eigenvalue weighted by Gasteiger charge is 2.59. The van der Waals surface area contributed by atoms with E-state index in [0.29, 0.717) is 24.2 Å². The lowest BCUT2D eigenvalue weighted by Gasteiger charge is -2.26. The number of hydrogen-bond donors (Lipinski definition) is 3. The molecule has 4 heterocycles. The lowest BCUT2D eigenvalue weighted by Crippen LogP contribution is -2.40. The first kappa shape index (κ1) is 28.2.